The summed E-state index contributed by atoms with van der Waals surface area (Å²) in [6.07, 6.45) is 3.40. The van der Waals surface area contributed by atoms with Crippen LogP contribution in [-0.4, -0.2) is 50.8 Å². The van der Waals surface area contributed by atoms with Gasteiger partial charge in [-0.1, -0.05) is 6.07 Å². The smallest absolute Gasteiger partial charge is 0.317 e. The van der Waals surface area contributed by atoms with Gasteiger partial charge >= 0.3 is 6.03 Å². The summed E-state index contributed by atoms with van der Waals surface area (Å²) < 4.78 is 5.29. The number of hydrogen-bond donors (Lipinski definition) is 1. The molecule has 5 heteroatoms. The van der Waals surface area contributed by atoms with E-state index in [0.717, 1.165) is 57.7 Å². The lowest BCUT2D eigenvalue weighted by Crippen LogP contribution is -2.40. The fourth-order valence-electron chi connectivity index (χ4n) is 3.30. The Morgan fingerprint density at radius 3 is 2.91 bits per heavy atom. The maximum atomic E-state index is 12.0. The predicted octanol–water partition coefficient (Wildman–Crippen LogP) is 2.33. The Hall–Kier alpha value is -1.91. The second kappa shape index (κ2) is 6.90. The van der Waals surface area contributed by atoms with Crippen molar-refractivity contribution in [1.29, 1.82) is 0 Å². The number of amides is 2. The van der Waals surface area contributed by atoms with Gasteiger partial charge in [0.25, 0.3) is 0 Å². The van der Waals surface area contributed by atoms with Crippen LogP contribution in [-0.2, 0) is 0 Å². The Labute approximate surface area is 132 Å². The zero-order valence-electron chi connectivity index (χ0n) is 13.3. The molecule has 2 fully saturated rings. The van der Waals surface area contributed by atoms with Gasteiger partial charge in [0.15, 0.2) is 0 Å². The Balaban J connectivity index is 1.48. The molecule has 1 aromatic carbocycles. The Bertz CT molecular complexity index is 514. The first-order valence-electron chi connectivity index (χ1n) is 8.18. The molecular formula is C17H25N3O2. The van der Waals surface area contributed by atoms with Crippen LogP contribution in [0.2, 0.25) is 0 Å². The number of nitrogens with one attached hydrogen (secondary N) is 1. The summed E-state index contributed by atoms with van der Waals surface area (Å²) >= 11 is 0. The minimum Gasteiger partial charge on any atom is -0.497 e. The number of benzene rings is 1. The van der Waals surface area contributed by atoms with Gasteiger partial charge in [-0.15, -0.1) is 0 Å². The third-order valence-electron chi connectivity index (χ3n) is 4.64. The molecule has 2 heterocycles. The summed E-state index contributed by atoms with van der Waals surface area (Å²) in [5.74, 6) is 1.42. The van der Waals surface area contributed by atoms with Crippen molar-refractivity contribution >= 4 is 11.7 Å². The quantitative estimate of drug-likeness (QED) is 0.928. The summed E-state index contributed by atoms with van der Waals surface area (Å²) in [6.45, 7) is 4.62. The molecule has 2 aliphatic rings. The summed E-state index contributed by atoms with van der Waals surface area (Å²) in [6, 6.07) is 8.29. The van der Waals surface area contributed by atoms with Gasteiger partial charge in [0.2, 0.25) is 0 Å². The third-order valence-corrected chi connectivity index (χ3v) is 4.64. The van der Waals surface area contributed by atoms with Gasteiger partial charge in [0, 0.05) is 44.5 Å². The molecule has 2 amide bonds. The molecule has 0 aromatic heterocycles. The molecule has 0 saturated carbocycles. The van der Waals surface area contributed by atoms with Crippen LogP contribution in [0.15, 0.2) is 24.3 Å². The number of hydrogen-bond acceptors (Lipinski definition) is 3. The molecule has 120 valence electrons. The standard InChI is InChI=1S/C17H25N3O2/c1-22-16-6-4-5-15(11-16)20-10-7-14(13-20)12-18-17(21)19-8-2-3-9-19/h4-6,11,14H,2-3,7-10,12-13H2,1H3,(H,18,21)/t14-/m1/s1. The first kappa shape index (κ1) is 15.0. The number of urea groups is 1. The molecule has 5 nitrogen and oxygen atoms in total. The lowest BCUT2D eigenvalue weighted by atomic mass is 10.1. The van der Waals surface area contributed by atoms with Crippen LogP contribution in [0.25, 0.3) is 0 Å². The van der Waals surface area contributed by atoms with E-state index in [1.54, 1.807) is 7.11 Å². The fourth-order valence-corrected chi connectivity index (χ4v) is 3.30. The number of carbonyl (C=O) groups excluding carboxylic acids is 1. The predicted molar refractivity (Wildman–Crippen MR) is 87.5 cm³/mol. The number of likely N-dealkylation sites (tertiary alicyclic amines) is 1. The van der Waals surface area contributed by atoms with E-state index in [4.69, 9.17) is 4.74 Å². The molecule has 2 saturated heterocycles. The van der Waals surface area contributed by atoms with Gasteiger partial charge in [-0.3, -0.25) is 0 Å². The molecule has 0 spiro atoms. The average Bonchev–Trinajstić information content (AvgIpc) is 3.24. The summed E-state index contributed by atoms with van der Waals surface area (Å²) in [5, 5.41) is 3.10. The highest BCUT2D eigenvalue weighted by Gasteiger charge is 2.24. The van der Waals surface area contributed by atoms with Gasteiger partial charge in [0.1, 0.15) is 5.75 Å². The molecule has 22 heavy (non-hydrogen) atoms. The van der Waals surface area contributed by atoms with E-state index in [9.17, 15) is 4.79 Å². The van der Waals surface area contributed by atoms with Crippen LogP contribution in [0.1, 0.15) is 19.3 Å². The number of anilines is 1. The van der Waals surface area contributed by atoms with Gasteiger partial charge in [-0.2, -0.15) is 0 Å². The second-order valence-corrected chi connectivity index (χ2v) is 6.18. The van der Waals surface area contributed by atoms with Gasteiger partial charge < -0.3 is 19.9 Å². The van der Waals surface area contributed by atoms with Crippen LogP contribution in [0, 0.1) is 5.92 Å². The molecule has 3 rings (SSSR count). The van der Waals surface area contributed by atoms with Crippen LogP contribution >= 0.6 is 0 Å². The van der Waals surface area contributed by atoms with Crippen molar-refractivity contribution in [2.75, 3.05) is 44.7 Å². The van der Waals surface area contributed by atoms with Crippen molar-refractivity contribution in [2.24, 2.45) is 5.92 Å². The van der Waals surface area contributed by atoms with E-state index in [2.05, 4.69) is 22.3 Å². The van der Waals surface area contributed by atoms with Crippen molar-refractivity contribution in [3.63, 3.8) is 0 Å². The lowest BCUT2D eigenvalue weighted by molar-refractivity contribution is 0.207. The maximum absolute atomic E-state index is 12.0. The highest BCUT2D eigenvalue weighted by molar-refractivity contribution is 5.74. The lowest BCUT2D eigenvalue weighted by Gasteiger charge is -2.20. The van der Waals surface area contributed by atoms with E-state index in [-0.39, 0.29) is 6.03 Å². The number of rotatable bonds is 4. The normalized spacial score (nSPS) is 21.2. The zero-order valence-corrected chi connectivity index (χ0v) is 13.3. The SMILES string of the molecule is COc1cccc(N2CC[C@H](CNC(=O)N3CCCC3)C2)c1. The summed E-state index contributed by atoms with van der Waals surface area (Å²) in [5.41, 5.74) is 1.20. The largest absolute Gasteiger partial charge is 0.497 e. The maximum Gasteiger partial charge on any atom is 0.317 e. The van der Waals surface area contributed by atoms with E-state index >= 15 is 0 Å². The van der Waals surface area contributed by atoms with Crippen LogP contribution < -0.4 is 15.0 Å². The fraction of sp³-hybridized carbons (Fsp3) is 0.588. The molecule has 0 bridgehead atoms. The Morgan fingerprint density at radius 2 is 2.14 bits per heavy atom. The van der Waals surface area contributed by atoms with Crippen molar-refractivity contribution in [1.82, 2.24) is 10.2 Å². The van der Waals surface area contributed by atoms with E-state index in [1.165, 1.54) is 5.69 Å². The molecule has 2 aliphatic heterocycles. The molecule has 1 N–H and O–H groups in total. The van der Waals surface area contributed by atoms with E-state index < -0.39 is 0 Å². The molecule has 0 radical (unpaired) electrons. The number of methoxy groups -OCH3 is 1. The van der Waals surface area contributed by atoms with Crippen molar-refractivity contribution in [3.8, 4) is 5.75 Å². The summed E-state index contributed by atoms with van der Waals surface area (Å²) in [4.78, 5) is 16.3. The van der Waals surface area contributed by atoms with E-state index in [0.29, 0.717) is 5.92 Å². The third kappa shape index (κ3) is 3.46. The minimum absolute atomic E-state index is 0.109. The Kier molecular flexibility index (Phi) is 4.71. The van der Waals surface area contributed by atoms with E-state index in [1.807, 2.05) is 17.0 Å². The molecule has 1 atom stereocenters. The zero-order chi connectivity index (χ0) is 15.4. The highest BCUT2D eigenvalue weighted by atomic mass is 16.5. The molecular weight excluding hydrogens is 278 g/mol. The van der Waals surface area contributed by atoms with Crippen LogP contribution in [0.4, 0.5) is 10.5 Å². The van der Waals surface area contributed by atoms with Crippen LogP contribution in [0.5, 0.6) is 5.75 Å². The number of nitrogens with zero attached hydrogens (tertiary/aromatic N) is 2. The number of carbonyl (C=O) groups is 1. The number of ether oxygens (including phenoxy) is 1. The second-order valence-electron chi connectivity index (χ2n) is 6.18. The van der Waals surface area contributed by atoms with Crippen molar-refractivity contribution in [2.45, 2.75) is 19.3 Å². The average molecular weight is 303 g/mol. The van der Waals surface area contributed by atoms with Gasteiger partial charge in [-0.05, 0) is 37.3 Å². The summed E-state index contributed by atoms with van der Waals surface area (Å²) in [7, 11) is 1.69. The molecule has 0 aliphatic carbocycles. The van der Waals surface area contributed by atoms with Crippen molar-refractivity contribution in [3.05, 3.63) is 24.3 Å². The first-order valence-corrected chi connectivity index (χ1v) is 8.18. The Morgan fingerprint density at radius 1 is 1.32 bits per heavy atom. The first-order chi connectivity index (χ1) is 10.8. The monoisotopic (exact) mass is 303 g/mol. The van der Waals surface area contributed by atoms with Gasteiger partial charge in [0.05, 0.1) is 7.11 Å². The highest BCUT2D eigenvalue weighted by Crippen LogP contribution is 2.26. The van der Waals surface area contributed by atoms with Gasteiger partial charge in [-0.25, -0.2) is 4.79 Å². The minimum atomic E-state index is 0.109. The molecule has 0 unspecified atom stereocenters. The van der Waals surface area contributed by atoms with Crippen molar-refractivity contribution < 1.29 is 9.53 Å². The molecule has 1 aromatic rings. The van der Waals surface area contributed by atoms with Crippen LogP contribution in [0.3, 0.4) is 0 Å². The topological polar surface area (TPSA) is 44.8 Å².